The van der Waals surface area contributed by atoms with Crippen LogP contribution in [-0.2, 0) is 13.5 Å². The minimum absolute atomic E-state index is 0.490. The molecule has 0 aromatic carbocycles. The summed E-state index contributed by atoms with van der Waals surface area (Å²) in [5, 5.41) is 24.0. The van der Waals surface area contributed by atoms with Crippen molar-refractivity contribution in [2.45, 2.75) is 19.4 Å². The van der Waals surface area contributed by atoms with E-state index in [1.165, 1.54) is 6.20 Å². The Bertz CT molecular complexity index is 433. The van der Waals surface area contributed by atoms with Crippen LogP contribution >= 0.6 is 0 Å². The number of hydrogen-bond donors (Lipinski definition) is 2. The van der Waals surface area contributed by atoms with E-state index < -0.39 is 6.10 Å². The fourth-order valence-corrected chi connectivity index (χ4v) is 1.53. The maximum Gasteiger partial charge on any atom is 0.111 e. The molecule has 0 aliphatic heterocycles. The molecule has 0 spiro atoms. The first-order chi connectivity index (χ1) is 7.16. The van der Waals surface area contributed by atoms with Crippen LogP contribution in [0.3, 0.4) is 0 Å². The molecule has 6 heteroatoms. The van der Waals surface area contributed by atoms with Crippen molar-refractivity contribution in [2.24, 2.45) is 7.05 Å². The van der Waals surface area contributed by atoms with Crippen molar-refractivity contribution in [3.8, 4) is 0 Å². The largest absolute Gasteiger partial charge is 0.386 e. The van der Waals surface area contributed by atoms with E-state index in [4.69, 9.17) is 0 Å². The van der Waals surface area contributed by atoms with Gasteiger partial charge in [-0.15, -0.1) is 0 Å². The molecule has 2 heterocycles. The molecule has 2 aromatic rings. The van der Waals surface area contributed by atoms with Crippen LogP contribution < -0.4 is 0 Å². The second-order valence-electron chi connectivity index (χ2n) is 3.52. The van der Waals surface area contributed by atoms with Gasteiger partial charge >= 0.3 is 0 Å². The summed E-state index contributed by atoms with van der Waals surface area (Å²) < 4.78 is 1.76. The van der Waals surface area contributed by atoms with Crippen molar-refractivity contribution in [1.82, 2.24) is 25.2 Å². The van der Waals surface area contributed by atoms with E-state index in [1.54, 1.807) is 4.68 Å². The van der Waals surface area contributed by atoms with E-state index in [1.807, 2.05) is 20.0 Å². The highest BCUT2D eigenvalue weighted by Crippen LogP contribution is 2.15. The van der Waals surface area contributed by atoms with Crippen LogP contribution in [0.4, 0.5) is 0 Å². The van der Waals surface area contributed by atoms with Gasteiger partial charge in [0.1, 0.15) is 11.8 Å². The SMILES string of the molecule is Cc1cc(CC(O)c2cn[nH]n2)n(C)n1. The van der Waals surface area contributed by atoms with E-state index in [2.05, 4.69) is 20.5 Å². The summed E-state index contributed by atoms with van der Waals surface area (Å²) in [7, 11) is 1.86. The molecule has 80 valence electrons. The molecule has 15 heavy (non-hydrogen) atoms. The Hall–Kier alpha value is -1.69. The van der Waals surface area contributed by atoms with Gasteiger partial charge in [0.05, 0.1) is 11.9 Å². The average Bonchev–Trinajstić information content (AvgIpc) is 2.76. The van der Waals surface area contributed by atoms with Crippen molar-refractivity contribution in [3.63, 3.8) is 0 Å². The normalized spacial score (nSPS) is 13.0. The lowest BCUT2D eigenvalue weighted by Crippen LogP contribution is -2.06. The number of rotatable bonds is 3. The summed E-state index contributed by atoms with van der Waals surface area (Å²) in [6.45, 7) is 1.92. The maximum absolute atomic E-state index is 9.83. The van der Waals surface area contributed by atoms with Gasteiger partial charge in [0.2, 0.25) is 0 Å². The molecule has 0 radical (unpaired) electrons. The highest BCUT2D eigenvalue weighted by atomic mass is 16.3. The molecule has 0 saturated carbocycles. The number of aromatic amines is 1. The van der Waals surface area contributed by atoms with Crippen molar-refractivity contribution in [1.29, 1.82) is 0 Å². The minimum Gasteiger partial charge on any atom is -0.386 e. The average molecular weight is 207 g/mol. The third-order valence-electron chi connectivity index (χ3n) is 2.28. The molecule has 0 aliphatic carbocycles. The summed E-state index contributed by atoms with van der Waals surface area (Å²) in [5.74, 6) is 0. The number of nitrogens with one attached hydrogen (secondary N) is 1. The van der Waals surface area contributed by atoms with E-state index in [-0.39, 0.29) is 0 Å². The summed E-state index contributed by atoms with van der Waals surface area (Å²) in [5.41, 5.74) is 2.47. The van der Waals surface area contributed by atoms with Gasteiger partial charge in [0, 0.05) is 19.2 Å². The zero-order chi connectivity index (χ0) is 10.8. The molecule has 2 N–H and O–H groups in total. The molecule has 1 unspecified atom stereocenters. The van der Waals surface area contributed by atoms with E-state index in [0.29, 0.717) is 12.1 Å². The molecule has 2 rings (SSSR count). The first kappa shape index (κ1) is 9.85. The molecule has 2 aromatic heterocycles. The van der Waals surface area contributed by atoms with Crippen molar-refractivity contribution in [3.05, 3.63) is 29.3 Å². The van der Waals surface area contributed by atoms with E-state index in [9.17, 15) is 5.11 Å². The van der Waals surface area contributed by atoms with Crippen LogP contribution in [0.15, 0.2) is 12.3 Å². The van der Waals surface area contributed by atoms with Crippen LogP contribution in [0.2, 0.25) is 0 Å². The Morgan fingerprint density at radius 3 is 2.93 bits per heavy atom. The van der Waals surface area contributed by atoms with E-state index >= 15 is 0 Å². The Morgan fingerprint density at radius 1 is 1.60 bits per heavy atom. The van der Waals surface area contributed by atoms with Crippen LogP contribution in [-0.4, -0.2) is 30.3 Å². The quantitative estimate of drug-likeness (QED) is 0.749. The maximum atomic E-state index is 9.83. The van der Waals surface area contributed by atoms with Gasteiger partial charge < -0.3 is 5.11 Å². The van der Waals surface area contributed by atoms with Gasteiger partial charge in [-0.25, -0.2) is 0 Å². The zero-order valence-electron chi connectivity index (χ0n) is 8.68. The Morgan fingerprint density at radius 2 is 2.40 bits per heavy atom. The first-order valence-electron chi connectivity index (χ1n) is 4.70. The molecular formula is C9H13N5O. The molecule has 1 atom stereocenters. The second-order valence-corrected chi connectivity index (χ2v) is 3.52. The zero-order valence-corrected chi connectivity index (χ0v) is 8.68. The van der Waals surface area contributed by atoms with Crippen LogP contribution in [0.25, 0.3) is 0 Å². The fraction of sp³-hybridized carbons (Fsp3) is 0.444. The second kappa shape index (κ2) is 3.82. The third kappa shape index (κ3) is 2.04. The summed E-state index contributed by atoms with van der Waals surface area (Å²) >= 11 is 0. The van der Waals surface area contributed by atoms with Crippen LogP contribution in [0, 0.1) is 6.92 Å². The summed E-state index contributed by atoms with van der Waals surface area (Å²) in [6, 6.07) is 1.95. The first-order valence-corrected chi connectivity index (χ1v) is 4.70. The van der Waals surface area contributed by atoms with Crippen molar-refractivity contribution < 1.29 is 5.11 Å². The van der Waals surface area contributed by atoms with Crippen molar-refractivity contribution in [2.75, 3.05) is 0 Å². The highest BCUT2D eigenvalue weighted by molar-refractivity contribution is 5.11. The molecule has 0 amide bonds. The smallest absolute Gasteiger partial charge is 0.111 e. The number of H-pyrrole nitrogens is 1. The highest BCUT2D eigenvalue weighted by Gasteiger charge is 2.13. The van der Waals surface area contributed by atoms with Crippen LogP contribution in [0.1, 0.15) is 23.2 Å². The minimum atomic E-state index is -0.640. The van der Waals surface area contributed by atoms with Gasteiger partial charge in [-0.1, -0.05) is 0 Å². The number of aryl methyl sites for hydroxylation is 2. The molecule has 0 saturated heterocycles. The molecular weight excluding hydrogens is 194 g/mol. The lowest BCUT2D eigenvalue weighted by atomic mass is 10.1. The van der Waals surface area contributed by atoms with Gasteiger partial charge in [0.15, 0.2) is 0 Å². The molecule has 0 fully saturated rings. The predicted molar refractivity (Wildman–Crippen MR) is 53.0 cm³/mol. The van der Waals surface area contributed by atoms with Crippen LogP contribution in [0.5, 0.6) is 0 Å². The number of hydrogen-bond acceptors (Lipinski definition) is 4. The number of aliphatic hydroxyl groups is 1. The summed E-state index contributed by atoms with van der Waals surface area (Å²) in [6.07, 6.45) is 1.37. The Balaban J connectivity index is 2.12. The molecule has 0 bridgehead atoms. The number of nitrogens with zero attached hydrogens (tertiary/aromatic N) is 4. The Kier molecular flexibility index (Phi) is 2.51. The number of aromatic nitrogens is 5. The number of aliphatic hydroxyl groups excluding tert-OH is 1. The monoisotopic (exact) mass is 207 g/mol. The van der Waals surface area contributed by atoms with E-state index in [0.717, 1.165) is 11.4 Å². The topological polar surface area (TPSA) is 79.6 Å². The molecule has 6 nitrogen and oxygen atoms in total. The van der Waals surface area contributed by atoms with Gasteiger partial charge in [-0.3, -0.25) is 4.68 Å². The van der Waals surface area contributed by atoms with Gasteiger partial charge in [-0.2, -0.15) is 20.5 Å². The standard InChI is InChI=1S/C9H13N5O/c1-6-3-7(14(2)12-6)4-9(15)8-5-10-13-11-8/h3,5,9,15H,4H2,1-2H3,(H,10,11,13). The van der Waals surface area contributed by atoms with Gasteiger partial charge in [0.25, 0.3) is 0 Å². The lowest BCUT2D eigenvalue weighted by Gasteiger charge is -2.06. The van der Waals surface area contributed by atoms with Gasteiger partial charge in [-0.05, 0) is 13.0 Å². The van der Waals surface area contributed by atoms with Crippen molar-refractivity contribution >= 4 is 0 Å². The third-order valence-corrected chi connectivity index (χ3v) is 2.28. The fourth-order valence-electron chi connectivity index (χ4n) is 1.53. The Labute approximate surface area is 86.9 Å². The predicted octanol–water partition coefficient (Wildman–Crippen LogP) is 0.123. The molecule has 0 aliphatic rings. The summed E-state index contributed by atoms with van der Waals surface area (Å²) in [4.78, 5) is 0. The lowest BCUT2D eigenvalue weighted by molar-refractivity contribution is 0.171.